The lowest BCUT2D eigenvalue weighted by Crippen LogP contribution is -2.30. The minimum Gasteiger partial charge on any atom is -0.353 e. The van der Waals surface area contributed by atoms with Gasteiger partial charge in [-0.05, 0) is 35.4 Å². The SMILES string of the molecule is Fc1ccccc1-c1c(C=NNC2=NCCN2)cnn1-c1ccc(-c2ccccc2)cc1. The van der Waals surface area contributed by atoms with Gasteiger partial charge in [0.15, 0.2) is 0 Å². The zero-order valence-electron chi connectivity index (χ0n) is 17.2. The molecule has 1 aliphatic heterocycles. The molecule has 3 aromatic carbocycles. The summed E-state index contributed by atoms with van der Waals surface area (Å²) in [7, 11) is 0. The molecule has 2 N–H and O–H groups in total. The van der Waals surface area contributed by atoms with Crippen LogP contribution in [-0.2, 0) is 0 Å². The molecule has 32 heavy (non-hydrogen) atoms. The van der Waals surface area contributed by atoms with Crippen LogP contribution in [0.1, 0.15) is 5.56 Å². The van der Waals surface area contributed by atoms with Crippen molar-refractivity contribution in [2.75, 3.05) is 13.1 Å². The van der Waals surface area contributed by atoms with E-state index < -0.39 is 0 Å². The lowest BCUT2D eigenvalue weighted by molar-refractivity contribution is 0.629. The molecule has 1 aromatic heterocycles. The lowest BCUT2D eigenvalue weighted by atomic mass is 10.0. The second-order valence-corrected chi connectivity index (χ2v) is 7.28. The fourth-order valence-electron chi connectivity index (χ4n) is 3.64. The summed E-state index contributed by atoms with van der Waals surface area (Å²) in [6.07, 6.45) is 3.31. The third-order valence-electron chi connectivity index (χ3n) is 5.19. The molecule has 4 aromatic rings. The Morgan fingerprint density at radius 2 is 1.69 bits per heavy atom. The summed E-state index contributed by atoms with van der Waals surface area (Å²) in [6.45, 7) is 1.50. The van der Waals surface area contributed by atoms with Gasteiger partial charge in [0.2, 0.25) is 5.96 Å². The molecule has 2 heterocycles. The van der Waals surface area contributed by atoms with Gasteiger partial charge in [0.1, 0.15) is 5.82 Å². The van der Waals surface area contributed by atoms with Crippen LogP contribution in [0.3, 0.4) is 0 Å². The Labute approximate surface area is 185 Å². The monoisotopic (exact) mass is 424 g/mol. The standard InChI is InChI=1S/C25H21FN6/c26-23-9-5-4-8-22(23)24-20(16-29-31-25-27-14-15-28-25)17-30-32(24)21-12-10-19(11-13-21)18-6-2-1-3-7-18/h1-13,16-17H,14-15H2,(H2,27,28,31). The van der Waals surface area contributed by atoms with Crippen LogP contribution in [0.15, 0.2) is 95.2 Å². The number of guanidine groups is 1. The second kappa shape index (κ2) is 8.85. The third kappa shape index (κ3) is 4.00. The van der Waals surface area contributed by atoms with Crippen LogP contribution in [-0.4, -0.2) is 35.0 Å². The van der Waals surface area contributed by atoms with Crippen molar-refractivity contribution < 1.29 is 4.39 Å². The van der Waals surface area contributed by atoms with Crippen molar-refractivity contribution in [3.8, 4) is 28.1 Å². The minimum absolute atomic E-state index is 0.320. The van der Waals surface area contributed by atoms with Crippen LogP contribution in [0.25, 0.3) is 28.1 Å². The normalized spacial score (nSPS) is 13.2. The number of nitrogens with one attached hydrogen (secondary N) is 2. The number of hydrazone groups is 1. The molecule has 0 radical (unpaired) electrons. The van der Waals surface area contributed by atoms with Crippen molar-refractivity contribution in [1.29, 1.82) is 0 Å². The van der Waals surface area contributed by atoms with E-state index in [0.29, 0.717) is 22.8 Å². The Hall–Kier alpha value is -4.26. The second-order valence-electron chi connectivity index (χ2n) is 7.28. The highest BCUT2D eigenvalue weighted by Gasteiger charge is 2.17. The number of rotatable bonds is 5. The summed E-state index contributed by atoms with van der Waals surface area (Å²) in [4.78, 5) is 4.25. The summed E-state index contributed by atoms with van der Waals surface area (Å²) in [5.74, 6) is 0.303. The van der Waals surface area contributed by atoms with Crippen LogP contribution in [0.5, 0.6) is 0 Å². The first-order valence-corrected chi connectivity index (χ1v) is 10.4. The van der Waals surface area contributed by atoms with Gasteiger partial charge in [0.05, 0.1) is 30.3 Å². The number of aliphatic imine (C=N–C) groups is 1. The maximum Gasteiger partial charge on any atom is 0.212 e. The van der Waals surface area contributed by atoms with Gasteiger partial charge in [0.25, 0.3) is 0 Å². The van der Waals surface area contributed by atoms with Crippen molar-refractivity contribution in [1.82, 2.24) is 20.5 Å². The summed E-state index contributed by atoms with van der Waals surface area (Å²) in [5, 5.41) is 11.9. The van der Waals surface area contributed by atoms with Gasteiger partial charge in [-0.3, -0.25) is 0 Å². The Balaban J connectivity index is 1.52. The Morgan fingerprint density at radius 1 is 0.938 bits per heavy atom. The predicted molar refractivity (Wildman–Crippen MR) is 125 cm³/mol. The molecule has 0 fully saturated rings. The molecule has 0 unspecified atom stereocenters. The Morgan fingerprint density at radius 3 is 2.44 bits per heavy atom. The molecule has 0 bridgehead atoms. The van der Waals surface area contributed by atoms with Gasteiger partial charge in [-0.2, -0.15) is 10.2 Å². The van der Waals surface area contributed by atoms with E-state index in [1.807, 2.05) is 48.5 Å². The van der Waals surface area contributed by atoms with Gasteiger partial charge < -0.3 is 5.32 Å². The average Bonchev–Trinajstić information content (AvgIpc) is 3.51. The highest BCUT2D eigenvalue weighted by atomic mass is 19.1. The largest absolute Gasteiger partial charge is 0.353 e. The highest BCUT2D eigenvalue weighted by molar-refractivity contribution is 5.90. The van der Waals surface area contributed by atoms with E-state index in [1.54, 1.807) is 29.2 Å². The third-order valence-corrected chi connectivity index (χ3v) is 5.19. The number of aromatic nitrogens is 2. The molecular weight excluding hydrogens is 403 g/mol. The highest BCUT2D eigenvalue weighted by Crippen LogP contribution is 2.29. The molecule has 0 atom stereocenters. The van der Waals surface area contributed by atoms with Crippen LogP contribution >= 0.6 is 0 Å². The van der Waals surface area contributed by atoms with Gasteiger partial charge in [-0.15, -0.1) is 0 Å². The topological polar surface area (TPSA) is 66.6 Å². The zero-order chi connectivity index (χ0) is 21.8. The first kappa shape index (κ1) is 19.7. The molecule has 6 nitrogen and oxygen atoms in total. The van der Waals surface area contributed by atoms with Crippen molar-refractivity contribution in [2.45, 2.75) is 0 Å². The number of hydrogen-bond donors (Lipinski definition) is 2. The van der Waals surface area contributed by atoms with E-state index in [0.717, 1.165) is 29.9 Å². The van der Waals surface area contributed by atoms with Crippen molar-refractivity contribution >= 4 is 12.2 Å². The summed E-state index contributed by atoms with van der Waals surface area (Å²) < 4.78 is 16.5. The average molecular weight is 424 g/mol. The summed E-state index contributed by atoms with van der Waals surface area (Å²) in [6, 6.07) is 24.9. The van der Waals surface area contributed by atoms with Gasteiger partial charge >= 0.3 is 0 Å². The molecule has 5 rings (SSSR count). The van der Waals surface area contributed by atoms with Gasteiger partial charge in [-0.1, -0.05) is 54.6 Å². The first-order chi connectivity index (χ1) is 15.8. The van der Waals surface area contributed by atoms with Crippen molar-refractivity contribution in [3.63, 3.8) is 0 Å². The van der Waals surface area contributed by atoms with E-state index in [2.05, 4.69) is 38.1 Å². The molecule has 0 amide bonds. The van der Waals surface area contributed by atoms with E-state index in [9.17, 15) is 4.39 Å². The molecular formula is C25H21FN6. The van der Waals surface area contributed by atoms with Gasteiger partial charge in [-0.25, -0.2) is 19.5 Å². The van der Waals surface area contributed by atoms with E-state index in [-0.39, 0.29) is 5.82 Å². The van der Waals surface area contributed by atoms with E-state index >= 15 is 0 Å². The van der Waals surface area contributed by atoms with E-state index in [1.165, 1.54) is 6.07 Å². The Kier molecular flexibility index (Phi) is 5.45. The molecule has 0 aliphatic carbocycles. The molecule has 158 valence electrons. The first-order valence-electron chi connectivity index (χ1n) is 10.4. The fraction of sp³-hybridized carbons (Fsp3) is 0.0800. The molecule has 1 aliphatic rings. The number of nitrogens with zero attached hydrogens (tertiary/aromatic N) is 4. The number of halogens is 1. The van der Waals surface area contributed by atoms with Crippen LogP contribution < -0.4 is 10.7 Å². The Bertz CT molecular complexity index is 1280. The molecule has 0 saturated heterocycles. The van der Waals surface area contributed by atoms with Crippen LogP contribution in [0.2, 0.25) is 0 Å². The van der Waals surface area contributed by atoms with Crippen LogP contribution in [0.4, 0.5) is 4.39 Å². The molecule has 0 saturated carbocycles. The molecule has 7 heteroatoms. The quantitative estimate of drug-likeness (QED) is 0.372. The number of hydrogen-bond acceptors (Lipinski definition) is 5. The fourth-order valence-corrected chi connectivity index (χ4v) is 3.64. The zero-order valence-corrected chi connectivity index (χ0v) is 17.2. The lowest BCUT2D eigenvalue weighted by Gasteiger charge is -2.11. The summed E-state index contributed by atoms with van der Waals surface area (Å²) >= 11 is 0. The van der Waals surface area contributed by atoms with Crippen molar-refractivity contribution in [3.05, 3.63) is 96.4 Å². The van der Waals surface area contributed by atoms with Gasteiger partial charge in [0, 0.05) is 17.7 Å². The maximum atomic E-state index is 14.8. The number of benzene rings is 3. The maximum absolute atomic E-state index is 14.8. The van der Waals surface area contributed by atoms with Crippen LogP contribution in [0, 0.1) is 5.82 Å². The summed E-state index contributed by atoms with van der Waals surface area (Å²) in [5.41, 5.74) is 7.71. The van der Waals surface area contributed by atoms with E-state index in [4.69, 9.17) is 0 Å². The predicted octanol–water partition coefficient (Wildman–Crippen LogP) is 4.23. The molecule has 0 spiro atoms. The minimum atomic E-state index is -0.320. The smallest absolute Gasteiger partial charge is 0.212 e. The van der Waals surface area contributed by atoms with Crippen molar-refractivity contribution in [2.24, 2.45) is 10.1 Å².